The van der Waals surface area contributed by atoms with Crippen molar-refractivity contribution in [1.82, 2.24) is 4.98 Å². The van der Waals surface area contributed by atoms with Crippen molar-refractivity contribution in [2.45, 2.75) is 20.8 Å². The average Bonchev–Trinajstić information content (AvgIpc) is 2.36. The van der Waals surface area contributed by atoms with E-state index < -0.39 is 0 Å². The summed E-state index contributed by atoms with van der Waals surface area (Å²) in [5.74, 6) is 0. The van der Waals surface area contributed by atoms with E-state index in [0.29, 0.717) is 5.15 Å². The van der Waals surface area contributed by atoms with Crippen LogP contribution in [0.5, 0.6) is 0 Å². The lowest BCUT2D eigenvalue weighted by Crippen LogP contribution is -1.87. The molecule has 0 aliphatic heterocycles. The fourth-order valence-electron chi connectivity index (χ4n) is 1.39. The Balaban J connectivity index is 0.000000606. The monoisotopic (exact) mass is 233 g/mol. The van der Waals surface area contributed by atoms with Crippen LogP contribution in [-0.2, 0) is 0 Å². The van der Waals surface area contributed by atoms with Crippen molar-refractivity contribution < 1.29 is 0 Å². The zero-order valence-electron chi connectivity index (χ0n) is 9.87. The SMILES string of the molecule is CC.Cc1ccc(Cl)nc1-c1ccccc1. The van der Waals surface area contributed by atoms with Gasteiger partial charge in [0.25, 0.3) is 0 Å². The predicted octanol–water partition coefficient (Wildman–Crippen LogP) is 4.74. The largest absolute Gasteiger partial charge is 0.236 e. The molecule has 2 rings (SSSR count). The fraction of sp³-hybridized carbons (Fsp3) is 0.214. The summed E-state index contributed by atoms with van der Waals surface area (Å²) >= 11 is 5.86. The summed E-state index contributed by atoms with van der Waals surface area (Å²) < 4.78 is 0. The molecule has 2 aromatic rings. The Bertz CT molecular complexity index is 438. The lowest BCUT2D eigenvalue weighted by molar-refractivity contribution is 1.27. The third-order valence-electron chi connectivity index (χ3n) is 2.11. The minimum Gasteiger partial charge on any atom is -0.236 e. The number of rotatable bonds is 1. The fourth-order valence-corrected chi connectivity index (χ4v) is 1.54. The summed E-state index contributed by atoms with van der Waals surface area (Å²) in [4.78, 5) is 4.31. The van der Waals surface area contributed by atoms with Crippen LogP contribution in [0.3, 0.4) is 0 Å². The van der Waals surface area contributed by atoms with Gasteiger partial charge in [0.15, 0.2) is 0 Å². The van der Waals surface area contributed by atoms with Gasteiger partial charge in [-0.3, -0.25) is 0 Å². The third-order valence-corrected chi connectivity index (χ3v) is 2.32. The minimum absolute atomic E-state index is 0.537. The summed E-state index contributed by atoms with van der Waals surface area (Å²) in [5, 5.41) is 0.537. The molecule has 0 radical (unpaired) electrons. The van der Waals surface area contributed by atoms with Crippen LogP contribution in [0, 0.1) is 6.92 Å². The van der Waals surface area contributed by atoms with E-state index in [1.807, 2.05) is 63.2 Å². The van der Waals surface area contributed by atoms with Crippen molar-refractivity contribution in [3.8, 4) is 11.3 Å². The van der Waals surface area contributed by atoms with Crippen LogP contribution in [-0.4, -0.2) is 4.98 Å². The van der Waals surface area contributed by atoms with Gasteiger partial charge in [0.1, 0.15) is 5.15 Å². The summed E-state index contributed by atoms with van der Waals surface area (Å²) in [7, 11) is 0. The molecule has 1 aromatic heterocycles. The first-order valence-electron chi connectivity index (χ1n) is 5.46. The maximum absolute atomic E-state index is 5.86. The molecule has 0 saturated carbocycles. The Hall–Kier alpha value is -1.34. The zero-order chi connectivity index (χ0) is 12.0. The van der Waals surface area contributed by atoms with E-state index in [9.17, 15) is 0 Å². The first kappa shape index (κ1) is 12.7. The molecule has 84 valence electrons. The zero-order valence-corrected chi connectivity index (χ0v) is 10.6. The van der Waals surface area contributed by atoms with Crippen LogP contribution in [0.4, 0.5) is 0 Å². The number of aromatic nitrogens is 1. The Morgan fingerprint density at radius 1 is 0.938 bits per heavy atom. The van der Waals surface area contributed by atoms with Crippen molar-refractivity contribution >= 4 is 11.6 Å². The highest BCUT2D eigenvalue weighted by molar-refractivity contribution is 6.29. The lowest BCUT2D eigenvalue weighted by atomic mass is 10.1. The first-order chi connectivity index (χ1) is 7.77. The molecule has 0 aliphatic carbocycles. The van der Waals surface area contributed by atoms with Crippen molar-refractivity contribution in [2.24, 2.45) is 0 Å². The van der Waals surface area contributed by atoms with E-state index in [4.69, 9.17) is 11.6 Å². The quantitative estimate of drug-likeness (QED) is 0.649. The first-order valence-corrected chi connectivity index (χ1v) is 5.84. The number of pyridine rings is 1. The van der Waals surface area contributed by atoms with Gasteiger partial charge in [-0.25, -0.2) is 4.98 Å². The van der Waals surface area contributed by atoms with E-state index >= 15 is 0 Å². The summed E-state index contributed by atoms with van der Waals surface area (Å²) in [6, 6.07) is 13.8. The normalized spacial score (nSPS) is 9.25. The van der Waals surface area contributed by atoms with E-state index in [1.54, 1.807) is 0 Å². The second-order valence-corrected chi connectivity index (χ2v) is 3.55. The minimum atomic E-state index is 0.537. The van der Waals surface area contributed by atoms with Crippen LogP contribution in [0.15, 0.2) is 42.5 Å². The molecule has 0 saturated heterocycles. The second-order valence-electron chi connectivity index (χ2n) is 3.17. The number of hydrogen-bond donors (Lipinski definition) is 0. The third kappa shape index (κ3) is 3.07. The van der Waals surface area contributed by atoms with Gasteiger partial charge in [-0.1, -0.05) is 61.8 Å². The smallest absolute Gasteiger partial charge is 0.129 e. The number of benzene rings is 1. The van der Waals surface area contributed by atoms with Gasteiger partial charge in [-0.05, 0) is 18.6 Å². The molecule has 1 heterocycles. The highest BCUT2D eigenvalue weighted by Crippen LogP contribution is 2.22. The molecule has 2 heteroatoms. The maximum Gasteiger partial charge on any atom is 0.129 e. The Morgan fingerprint density at radius 3 is 2.19 bits per heavy atom. The molecular formula is C14H16ClN. The van der Waals surface area contributed by atoms with Crippen LogP contribution >= 0.6 is 11.6 Å². The second kappa shape index (κ2) is 6.29. The molecule has 0 unspecified atom stereocenters. The van der Waals surface area contributed by atoms with Gasteiger partial charge < -0.3 is 0 Å². The van der Waals surface area contributed by atoms with Gasteiger partial charge >= 0.3 is 0 Å². The van der Waals surface area contributed by atoms with Crippen molar-refractivity contribution in [1.29, 1.82) is 0 Å². The van der Waals surface area contributed by atoms with Crippen molar-refractivity contribution in [3.63, 3.8) is 0 Å². The maximum atomic E-state index is 5.86. The molecular weight excluding hydrogens is 218 g/mol. The number of hydrogen-bond acceptors (Lipinski definition) is 1. The van der Waals surface area contributed by atoms with Crippen molar-refractivity contribution in [3.05, 3.63) is 53.2 Å². The van der Waals surface area contributed by atoms with Crippen molar-refractivity contribution in [2.75, 3.05) is 0 Å². The molecule has 0 aliphatic rings. The summed E-state index contributed by atoms with van der Waals surface area (Å²) in [6.45, 7) is 6.03. The van der Waals surface area contributed by atoms with Crippen LogP contribution in [0.25, 0.3) is 11.3 Å². The molecule has 0 spiro atoms. The van der Waals surface area contributed by atoms with Crippen LogP contribution < -0.4 is 0 Å². The average molecular weight is 234 g/mol. The summed E-state index contributed by atoms with van der Waals surface area (Å²) in [6.07, 6.45) is 0. The van der Waals surface area contributed by atoms with Crippen LogP contribution in [0.1, 0.15) is 19.4 Å². The van der Waals surface area contributed by atoms with Gasteiger partial charge in [0, 0.05) is 5.56 Å². The molecule has 1 nitrogen and oxygen atoms in total. The van der Waals surface area contributed by atoms with Gasteiger partial charge in [-0.15, -0.1) is 0 Å². The molecule has 16 heavy (non-hydrogen) atoms. The summed E-state index contributed by atoms with van der Waals surface area (Å²) in [5.41, 5.74) is 3.20. The van der Waals surface area contributed by atoms with Gasteiger partial charge in [-0.2, -0.15) is 0 Å². The predicted molar refractivity (Wildman–Crippen MR) is 70.8 cm³/mol. The van der Waals surface area contributed by atoms with Gasteiger partial charge in [0.05, 0.1) is 5.69 Å². The van der Waals surface area contributed by atoms with E-state index in [1.165, 1.54) is 0 Å². The molecule has 0 amide bonds. The van der Waals surface area contributed by atoms with E-state index in [2.05, 4.69) is 4.98 Å². The van der Waals surface area contributed by atoms with E-state index in [0.717, 1.165) is 16.8 Å². The topological polar surface area (TPSA) is 12.9 Å². The highest BCUT2D eigenvalue weighted by atomic mass is 35.5. The van der Waals surface area contributed by atoms with Crippen LogP contribution in [0.2, 0.25) is 5.15 Å². The Labute approximate surface area is 102 Å². The lowest BCUT2D eigenvalue weighted by Gasteiger charge is -2.04. The molecule has 0 bridgehead atoms. The molecule has 1 aromatic carbocycles. The highest BCUT2D eigenvalue weighted by Gasteiger charge is 2.02. The molecule has 0 N–H and O–H groups in total. The Morgan fingerprint density at radius 2 is 1.56 bits per heavy atom. The molecule has 0 atom stereocenters. The van der Waals surface area contributed by atoms with Gasteiger partial charge in [0.2, 0.25) is 0 Å². The number of aryl methyl sites for hydroxylation is 1. The number of nitrogens with zero attached hydrogens (tertiary/aromatic N) is 1. The Kier molecular flexibility index (Phi) is 5.00. The van der Waals surface area contributed by atoms with E-state index in [-0.39, 0.29) is 0 Å². The standard InChI is InChI=1S/C12H10ClN.C2H6/c1-9-7-8-11(13)14-12(9)10-5-3-2-4-6-10;1-2/h2-8H,1H3;1-2H3. The molecule has 0 fully saturated rings. The number of halogens is 1.